The Hall–Kier alpha value is -0.891. The van der Waals surface area contributed by atoms with Crippen molar-refractivity contribution in [2.45, 2.75) is 10.6 Å². The minimum atomic E-state index is -0.102. The molecule has 3 heteroatoms. The summed E-state index contributed by atoms with van der Waals surface area (Å²) in [5, 5.41) is 0. The summed E-state index contributed by atoms with van der Waals surface area (Å²) in [6, 6.07) is 17.9. The van der Waals surface area contributed by atoms with Crippen molar-refractivity contribution >= 4 is 41.1 Å². The Balaban J connectivity index is 2.07. The van der Waals surface area contributed by atoms with Crippen molar-refractivity contribution in [2.24, 2.45) is 0 Å². The Labute approximate surface area is 122 Å². The van der Waals surface area contributed by atoms with E-state index >= 15 is 0 Å². The number of aryl methyl sites for hydroxylation is 1. The fourth-order valence-corrected chi connectivity index (χ4v) is 4.58. The van der Waals surface area contributed by atoms with Gasteiger partial charge in [0.25, 0.3) is 0 Å². The Morgan fingerprint density at radius 3 is 2.28 bits per heavy atom. The third-order valence-corrected chi connectivity index (χ3v) is 5.94. The molecule has 0 aliphatic carbocycles. The van der Waals surface area contributed by atoms with E-state index in [1.54, 1.807) is 0 Å². The molecule has 0 N–H and O–H groups in total. The molecule has 2 aromatic carbocycles. The second kappa shape index (κ2) is 6.33. The molecule has 1 nitrogen and oxygen atoms in total. The Morgan fingerprint density at radius 1 is 1.06 bits per heavy atom. The number of ketones is 1. The van der Waals surface area contributed by atoms with Crippen molar-refractivity contribution in [2.75, 3.05) is 0 Å². The zero-order chi connectivity index (χ0) is 13.0. The average Bonchev–Trinajstić information content (AvgIpc) is 2.40. The number of halogens is 1. The zero-order valence-electron chi connectivity index (χ0n) is 9.97. The monoisotopic (exact) mass is 368 g/mol. The summed E-state index contributed by atoms with van der Waals surface area (Å²) < 4.78 is 1.13. The summed E-state index contributed by atoms with van der Waals surface area (Å²) in [6.07, 6.45) is 0. The van der Waals surface area contributed by atoms with Gasteiger partial charge in [-0.3, -0.25) is 0 Å². The molecule has 0 spiro atoms. The summed E-state index contributed by atoms with van der Waals surface area (Å²) in [5.41, 5.74) is 1.95. The molecule has 0 heterocycles. The van der Waals surface area contributed by atoms with Crippen LogP contribution in [0, 0.1) is 6.92 Å². The van der Waals surface area contributed by atoms with Gasteiger partial charge in [-0.15, -0.1) is 0 Å². The number of hydrogen-bond donors (Lipinski definition) is 0. The van der Waals surface area contributed by atoms with E-state index in [1.807, 2.05) is 49.4 Å². The molecular weight excluding hydrogens is 355 g/mol. The number of rotatable bonds is 4. The van der Waals surface area contributed by atoms with Crippen molar-refractivity contribution in [3.63, 3.8) is 0 Å². The molecule has 1 unspecified atom stereocenters. The molecule has 0 bridgehead atoms. The van der Waals surface area contributed by atoms with Crippen LogP contribution in [0.2, 0.25) is 0 Å². The molecule has 92 valence electrons. The maximum atomic E-state index is 12.2. The van der Waals surface area contributed by atoms with Gasteiger partial charge >= 0.3 is 122 Å². The summed E-state index contributed by atoms with van der Waals surface area (Å²) in [5.74, 6) is 0.166. The molecular formula is C15H13BrOSe. The van der Waals surface area contributed by atoms with Gasteiger partial charge in [0.15, 0.2) is 0 Å². The predicted octanol–water partition coefficient (Wildman–Crippen LogP) is 2.93. The van der Waals surface area contributed by atoms with Crippen LogP contribution < -0.4 is 4.46 Å². The van der Waals surface area contributed by atoms with Crippen LogP contribution in [0.1, 0.15) is 15.9 Å². The van der Waals surface area contributed by atoms with Crippen molar-refractivity contribution in [3.8, 4) is 0 Å². The molecule has 2 rings (SSSR count). The number of carbonyl (C=O) groups excluding carboxylic acids is 1. The van der Waals surface area contributed by atoms with Gasteiger partial charge in [-0.05, 0) is 0 Å². The molecule has 0 radical (unpaired) electrons. The van der Waals surface area contributed by atoms with Crippen LogP contribution in [0.25, 0.3) is 0 Å². The standard InChI is InChI=1S/C15H13BrOSe/c1-11-7-9-12(10-8-11)14(17)15(16)18-13-5-3-2-4-6-13/h2-10,15H,1H3. The molecule has 2 aromatic rings. The topological polar surface area (TPSA) is 17.1 Å². The van der Waals surface area contributed by atoms with Gasteiger partial charge in [-0.1, -0.05) is 0 Å². The average molecular weight is 368 g/mol. The van der Waals surface area contributed by atoms with Gasteiger partial charge in [0.05, 0.1) is 0 Å². The second-order valence-electron chi connectivity index (χ2n) is 3.98. The van der Waals surface area contributed by atoms with Crippen molar-refractivity contribution in [3.05, 3.63) is 65.7 Å². The van der Waals surface area contributed by atoms with Crippen LogP contribution >= 0.6 is 15.9 Å². The molecule has 0 aliphatic heterocycles. The van der Waals surface area contributed by atoms with Gasteiger partial charge < -0.3 is 0 Å². The van der Waals surface area contributed by atoms with Crippen LogP contribution in [-0.4, -0.2) is 24.5 Å². The number of alkyl halides is 1. The van der Waals surface area contributed by atoms with Crippen LogP contribution in [0.4, 0.5) is 0 Å². The number of hydrogen-bond acceptors (Lipinski definition) is 1. The molecule has 0 saturated heterocycles. The van der Waals surface area contributed by atoms with E-state index in [1.165, 1.54) is 10.0 Å². The van der Waals surface area contributed by atoms with E-state index in [0.717, 1.165) is 5.56 Å². The first-order chi connectivity index (χ1) is 8.66. The summed E-state index contributed by atoms with van der Waals surface area (Å²) in [6.45, 7) is 2.02. The first-order valence-electron chi connectivity index (χ1n) is 5.63. The molecule has 0 saturated carbocycles. The van der Waals surface area contributed by atoms with E-state index in [9.17, 15) is 4.79 Å². The summed E-state index contributed by atoms with van der Waals surface area (Å²) >= 11 is 3.63. The SMILES string of the molecule is Cc1ccc(C(=O)C(Br)[Se]c2ccccc2)cc1. The normalized spacial score (nSPS) is 12.1. The number of benzene rings is 2. The van der Waals surface area contributed by atoms with Gasteiger partial charge in [0, 0.05) is 0 Å². The van der Waals surface area contributed by atoms with Gasteiger partial charge in [-0.2, -0.15) is 0 Å². The second-order valence-corrected chi connectivity index (χ2v) is 8.73. The predicted molar refractivity (Wildman–Crippen MR) is 80.1 cm³/mol. The molecule has 0 aromatic heterocycles. The van der Waals surface area contributed by atoms with E-state index in [2.05, 4.69) is 28.1 Å². The van der Waals surface area contributed by atoms with Gasteiger partial charge in [0.1, 0.15) is 0 Å². The minimum absolute atomic E-state index is 0.102. The summed E-state index contributed by atoms with van der Waals surface area (Å²) in [4.78, 5) is 12.2. The van der Waals surface area contributed by atoms with Gasteiger partial charge in [0.2, 0.25) is 0 Å². The molecule has 18 heavy (non-hydrogen) atoms. The Morgan fingerprint density at radius 2 is 1.67 bits per heavy atom. The fraction of sp³-hybridized carbons (Fsp3) is 0.133. The Bertz CT molecular complexity index is 522. The van der Waals surface area contributed by atoms with Crippen molar-refractivity contribution < 1.29 is 4.79 Å². The van der Waals surface area contributed by atoms with E-state index in [0.29, 0.717) is 0 Å². The summed E-state index contributed by atoms with van der Waals surface area (Å²) in [7, 11) is 0. The quantitative estimate of drug-likeness (QED) is 0.461. The third kappa shape index (κ3) is 3.55. The first-order valence-corrected chi connectivity index (χ1v) is 8.39. The van der Waals surface area contributed by atoms with Gasteiger partial charge in [-0.25, -0.2) is 0 Å². The van der Waals surface area contributed by atoms with E-state index in [4.69, 9.17) is 0 Å². The van der Waals surface area contributed by atoms with Crippen molar-refractivity contribution in [1.82, 2.24) is 0 Å². The maximum absolute atomic E-state index is 12.2. The third-order valence-electron chi connectivity index (χ3n) is 2.52. The Kier molecular flexibility index (Phi) is 4.76. The molecule has 1 atom stereocenters. The first kappa shape index (κ1) is 13.5. The van der Waals surface area contributed by atoms with Crippen LogP contribution in [0.15, 0.2) is 54.6 Å². The molecule has 0 fully saturated rings. The van der Waals surface area contributed by atoms with Crippen LogP contribution in [0.5, 0.6) is 0 Å². The van der Waals surface area contributed by atoms with Crippen LogP contribution in [-0.2, 0) is 0 Å². The van der Waals surface area contributed by atoms with Crippen LogP contribution in [0.3, 0.4) is 0 Å². The molecule has 0 aliphatic rings. The van der Waals surface area contributed by atoms with E-state index < -0.39 is 0 Å². The zero-order valence-corrected chi connectivity index (χ0v) is 13.3. The molecule has 0 amide bonds. The number of Topliss-reactive ketones (excluding diaryl/α,β-unsaturated/α-hetero) is 1. The van der Waals surface area contributed by atoms with Crippen molar-refractivity contribution in [1.29, 1.82) is 0 Å². The number of carbonyl (C=O) groups is 1. The fourth-order valence-electron chi connectivity index (χ4n) is 1.52. The van der Waals surface area contributed by atoms with E-state index in [-0.39, 0.29) is 24.5 Å².